The molecule has 0 aromatic carbocycles. The van der Waals surface area contributed by atoms with Crippen LogP contribution in [0.1, 0.15) is 65.2 Å². The van der Waals surface area contributed by atoms with E-state index in [0.717, 1.165) is 18.9 Å². The molecule has 1 atom stereocenters. The Bertz CT molecular complexity index is 112. The first kappa shape index (κ1) is 15.9. The molecule has 0 aliphatic heterocycles. The largest absolute Gasteiger partial charge is 0.394 e. The third-order valence-electron chi connectivity index (χ3n) is 3.02. The lowest BCUT2D eigenvalue weighted by molar-refractivity contribution is 0.0877. The molecule has 0 spiro atoms. The number of hydrogen-bond donors (Lipinski definition) is 1. The van der Waals surface area contributed by atoms with Crippen LogP contribution < -0.4 is 0 Å². The van der Waals surface area contributed by atoms with E-state index >= 15 is 0 Å². The van der Waals surface area contributed by atoms with Gasteiger partial charge in [0.05, 0.1) is 13.2 Å². The molecule has 0 radical (unpaired) electrons. The highest BCUT2D eigenvalue weighted by atomic mass is 16.5. The fourth-order valence-corrected chi connectivity index (χ4v) is 1.94. The molecule has 1 unspecified atom stereocenters. The smallest absolute Gasteiger partial charge is 0.0697 e. The van der Waals surface area contributed by atoms with Crippen LogP contribution in [0.5, 0.6) is 0 Å². The molecule has 2 nitrogen and oxygen atoms in total. The van der Waals surface area contributed by atoms with Crippen LogP contribution in [0.15, 0.2) is 0 Å². The first-order valence-electron chi connectivity index (χ1n) is 6.99. The van der Waals surface area contributed by atoms with Crippen molar-refractivity contribution < 1.29 is 9.84 Å². The molecule has 0 heterocycles. The summed E-state index contributed by atoms with van der Waals surface area (Å²) in [5, 5.41) is 8.54. The maximum Gasteiger partial charge on any atom is 0.0697 e. The zero-order valence-corrected chi connectivity index (χ0v) is 11.2. The number of aliphatic hydroxyl groups excluding tert-OH is 1. The van der Waals surface area contributed by atoms with Gasteiger partial charge in [0, 0.05) is 6.61 Å². The van der Waals surface area contributed by atoms with E-state index in [4.69, 9.17) is 9.84 Å². The zero-order valence-electron chi connectivity index (χ0n) is 11.2. The van der Waals surface area contributed by atoms with Crippen LogP contribution in [0.3, 0.4) is 0 Å². The van der Waals surface area contributed by atoms with Crippen LogP contribution in [0.25, 0.3) is 0 Å². The van der Waals surface area contributed by atoms with Crippen molar-refractivity contribution in [3.8, 4) is 0 Å². The summed E-state index contributed by atoms with van der Waals surface area (Å²) < 4.78 is 5.24. The quantitative estimate of drug-likeness (QED) is 0.517. The zero-order chi connectivity index (χ0) is 12.1. The van der Waals surface area contributed by atoms with Crippen LogP contribution in [0.2, 0.25) is 0 Å². The minimum atomic E-state index is 0.146. The summed E-state index contributed by atoms with van der Waals surface area (Å²) in [4.78, 5) is 0. The van der Waals surface area contributed by atoms with Crippen molar-refractivity contribution in [1.82, 2.24) is 0 Å². The average molecular weight is 230 g/mol. The number of unbranched alkanes of at least 4 members (excludes halogenated alkanes) is 4. The highest BCUT2D eigenvalue weighted by molar-refractivity contribution is 4.54. The Labute approximate surface area is 101 Å². The predicted octanol–water partition coefficient (Wildman–Crippen LogP) is 3.77. The lowest BCUT2D eigenvalue weighted by atomic mass is 9.98. The number of rotatable bonds is 12. The van der Waals surface area contributed by atoms with Crippen LogP contribution in [0, 0.1) is 5.92 Å². The van der Waals surface area contributed by atoms with Gasteiger partial charge in [0.15, 0.2) is 0 Å². The lowest BCUT2D eigenvalue weighted by Crippen LogP contribution is -2.03. The summed E-state index contributed by atoms with van der Waals surface area (Å²) in [6.07, 6.45) is 10.7. The minimum absolute atomic E-state index is 0.146. The van der Waals surface area contributed by atoms with Gasteiger partial charge in [0.25, 0.3) is 0 Å². The van der Waals surface area contributed by atoms with Crippen LogP contribution in [0.4, 0.5) is 0 Å². The monoisotopic (exact) mass is 230 g/mol. The Morgan fingerprint density at radius 1 is 0.938 bits per heavy atom. The van der Waals surface area contributed by atoms with Crippen molar-refractivity contribution in [2.24, 2.45) is 5.92 Å². The molecule has 16 heavy (non-hydrogen) atoms. The van der Waals surface area contributed by atoms with Gasteiger partial charge in [0.1, 0.15) is 0 Å². The summed E-state index contributed by atoms with van der Waals surface area (Å²) in [6.45, 7) is 6.04. The Morgan fingerprint density at radius 2 is 1.62 bits per heavy atom. The van der Waals surface area contributed by atoms with Crippen molar-refractivity contribution in [2.75, 3.05) is 19.8 Å². The van der Waals surface area contributed by atoms with Crippen LogP contribution in [-0.4, -0.2) is 24.9 Å². The van der Waals surface area contributed by atoms with E-state index in [2.05, 4.69) is 13.8 Å². The molecule has 0 aromatic rings. The van der Waals surface area contributed by atoms with Gasteiger partial charge in [-0.25, -0.2) is 0 Å². The van der Waals surface area contributed by atoms with Gasteiger partial charge in [0.2, 0.25) is 0 Å². The lowest BCUT2D eigenvalue weighted by Gasteiger charge is -2.10. The van der Waals surface area contributed by atoms with Gasteiger partial charge in [-0.1, -0.05) is 52.4 Å². The van der Waals surface area contributed by atoms with E-state index in [-0.39, 0.29) is 6.61 Å². The molecule has 2 heteroatoms. The second kappa shape index (κ2) is 13.0. The van der Waals surface area contributed by atoms with E-state index in [1.54, 1.807) is 0 Å². The first-order valence-corrected chi connectivity index (χ1v) is 6.99. The van der Waals surface area contributed by atoms with Crippen molar-refractivity contribution in [3.05, 3.63) is 0 Å². The highest BCUT2D eigenvalue weighted by Crippen LogP contribution is 2.15. The van der Waals surface area contributed by atoms with Gasteiger partial charge < -0.3 is 9.84 Å². The van der Waals surface area contributed by atoms with Crippen molar-refractivity contribution in [3.63, 3.8) is 0 Å². The molecule has 1 N–H and O–H groups in total. The van der Waals surface area contributed by atoms with Gasteiger partial charge >= 0.3 is 0 Å². The number of hydrogen-bond acceptors (Lipinski definition) is 2. The third-order valence-corrected chi connectivity index (χ3v) is 3.02. The Balaban J connectivity index is 3.09. The second-order valence-electron chi connectivity index (χ2n) is 4.79. The molecule has 0 rings (SSSR count). The number of ether oxygens (including phenoxy) is 1. The Morgan fingerprint density at radius 3 is 2.31 bits per heavy atom. The molecule has 0 saturated heterocycles. The minimum Gasteiger partial charge on any atom is -0.394 e. The molecule has 0 aliphatic rings. The Hall–Kier alpha value is -0.0800. The predicted molar refractivity (Wildman–Crippen MR) is 69.7 cm³/mol. The van der Waals surface area contributed by atoms with Crippen LogP contribution in [-0.2, 0) is 4.74 Å². The summed E-state index contributed by atoms with van der Waals surface area (Å²) in [6, 6.07) is 0. The fourth-order valence-electron chi connectivity index (χ4n) is 1.94. The molecule has 98 valence electrons. The van der Waals surface area contributed by atoms with Gasteiger partial charge in [-0.3, -0.25) is 0 Å². The Kier molecular flexibility index (Phi) is 12.9. The maximum absolute atomic E-state index is 8.54. The molecule has 0 bridgehead atoms. The van der Waals surface area contributed by atoms with E-state index in [1.807, 2.05) is 0 Å². The maximum atomic E-state index is 8.54. The van der Waals surface area contributed by atoms with Crippen LogP contribution >= 0.6 is 0 Å². The fraction of sp³-hybridized carbons (Fsp3) is 1.00. The van der Waals surface area contributed by atoms with E-state index in [9.17, 15) is 0 Å². The van der Waals surface area contributed by atoms with Gasteiger partial charge in [-0.05, 0) is 18.8 Å². The summed E-state index contributed by atoms with van der Waals surface area (Å²) in [7, 11) is 0. The molecule has 0 saturated carbocycles. The van der Waals surface area contributed by atoms with Gasteiger partial charge in [-0.2, -0.15) is 0 Å². The first-order chi connectivity index (χ1) is 7.81. The molecule has 0 aromatic heterocycles. The normalized spacial score (nSPS) is 12.9. The van der Waals surface area contributed by atoms with Crippen molar-refractivity contribution in [2.45, 2.75) is 65.2 Å². The molecular formula is C14H30O2. The van der Waals surface area contributed by atoms with E-state index in [1.165, 1.54) is 44.9 Å². The summed E-state index contributed by atoms with van der Waals surface area (Å²) in [5.41, 5.74) is 0. The summed E-state index contributed by atoms with van der Waals surface area (Å²) >= 11 is 0. The average Bonchev–Trinajstić information content (AvgIpc) is 2.28. The SMILES string of the molecule is CCCCCCCC(C)CCCOCCO. The van der Waals surface area contributed by atoms with Crippen molar-refractivity contribution >= 4 is 0 Å². The standard InChI is InChI=1S/C14H30O2/c1-3-4-5-6-7-9-14(2)10-8-12-16-13-11-15/h14-15H,3-13H2,1-2H3. The topological polar surface area (TPSA) is 29.5 Å². The van der Waals surface area contributed by atoms with E-state index in [0.29, 0.717) is 6.61 Å². The summed E-state index contributed by atoms with van der Waals surface area (Å²) in [5.74, 6) is 0.833. The molecular weight excluding hydrogens is 200 g/mol. The van der Waals surface area contributed by atoms with Gasteiger partial charge in [-0.15, -0.1) is 0 Å². The van der Waals surface area contributed by atoms with Crippen molar-refractivity contribution in [1.29, 1.82) is 0 Å². The molecule has 0 aliphatic carbocycles. The third kappa shape index (κ3) is 12.0. The second-order valence-corrected chi connectivity index (χ2v) is 4.79. The number of aliphatic hydroxyl groups is 1. The van der Waals surface area contributed by atoms with E-state index < -0.39 is 0 Å². The molecule has 0 amide bonds. The molecule has 0 fully saturated rings. The highest BCUT2D eigenvalue weighted by Gasteiger charge is 2.01.